The molecule has 2 aliphatic rings. The van der Waals surface area contributed by atoms with Crippen LogP contribution >= 0.6 is 0 Å². The Bertz CT molecular complexity index is 103. The minimum atomic E-state index is 0.466. The average molecular weight is 112 g/mol. The predicted molar refractivity (Wildman–Crippen MR) is 32.5 cm³/mol. The molecule has 0 radical (unpaired) electrons. The van der Waals surface area contributed by atoms with Crippen LogP contribution in [0.3, 0.4) is 0 Å². The van der Waals surface area contributed by atoms with E-state index in [-0.39, 0.29) is 0 Å². The van der Waals surface area contributed by atoms with Crippen molar-refractivity contribution in [1.82, 2.24) is 5.32 Å². The Morgan fingerprint density at radius 3 is 2.88 bits per heavy atom. The van der Waals surface area contributed by atoms with E-state index in [0.717, 1.165) is 6.04 Å². The molecule has 0 aromatic heterocycles. The molecule has 0 bridgehead atoms. The van der Waals surface area contributed by atoms with Crippen LogP contribution in [0.2, 0.25) is 0 Å². The van der Waals surface area contributed by atoms with Crippen LogP contribution in [-0.4, -0.2) is 18.1 Å². The lowest BCUT2D eigenvalue weighted by atomic mass is 9.97. The molecule has 1 aliphatic carbocycles. The van der Waals surface area contributed by atoms with Crippen molar-refractivity contribution >= 4 is 0 Å². The highest BCUT2D eigenvalue weighted by molar-refractivity contribution is 5.06. The van der Waals surface area contributed by atoms with E-state index in [1.54, 1.807) is 0 Å². The molecule has 8 heavy (non-hydrogen) atoms. The number of hydrogen-bond acceptors (Lipinski definition) is 2. The Hall–Kier alpha value is -0.0800. The van der Waals surface area contributed by atoms with Gasteiger partial charge in [-0.15, -0.1) is 0 Å². The summed E-state index contributed by atoms with van der Waals surface area (Å²) in [6.07, 6.45) is 3.92. The highest BCUT2D eigenvalue weighted by atomic mass is 15.2. The molecule has 2 nitrogen and oxygen atoms in total. The Balaban J connectivity index is 1.99. The zero-order chi connectivity index (χ0) is 5.56. The fourth-order valence-corrected chi connectivity index (χ4v) is 1.63. The van der Waals surface area contributed by atoms with E-state index in [9.17, 15) is 0 Å². The third-order valence-corrected chi connectivity index (χ3v) is 2.24. The molecule has 0 aromatic carbocycles. The van der Waals surface area contributed by atoms with Crippen LogP contribution < -0.4 is 11.1 Å². The van der Waals surface area contributed by atoms with Gasteiger partial charge in [-0.3, -0.25) is 0 Å². The minimum absolute atomic E-state index is 0.466. The van der Waals surface area contributed by atoms with E-state index in [0.29, 0.717) is 12.1 Å². The maximum absolute atomic E-state index is 5.76. The Labute approximate surface area is 49.4 Å². The van der Waals surface area contributed by atoms with Crippen LogP contribution in [-0.2, 0) is 0 Å². The topological polar surface area (TPSA) is 48.0 Å². The number of hydrogen-bond donors (Lipinski definition) is 2. The fourth-order valence-electron chi connectivity index (χ4n) is 1.63. The summed E-state index contributed by atoms with van der Waals surface area (Å²) in [7, 11) is 0. The van der Waals surface area contributed by atoms with Crippen molar-refractivity contribution in [1.29, 1.82) is 0 Å². The van der Waals surface area contributed by atoms with Crippen molar-refractivity contribution in [2.24, 2.45) is 5.73 Å². The average Bonchev–Trinajstić information content (AvgIpc) is 2.45. The van der Waals surface area contributed by atoms with Gasteiger partial charge in [-0.25, -0.2) is 0 Å². The molecular formula is C6H12N2. The molecule has 1 saturated heterocycles. The highest BCUT2D eigenvalue weighted by Crippen LogP contribution is 2.27. The number of rotatable bonds is 0. The summed E-state index contributed by atoms with van der Waals surface area (Å²) in [6.45, 7) is 0. The summed E-state index contributed by atoms with van der Waals surface area (Å²) in [4.78, 5) is 0. The Kier molecular flexibility index (Phi) is 0.866. The first-order valence-corrected chi connectivity index (χ1v) is 3.39. The second-order valence-corrected chi connectivity index (χ2v) is 2.89. The molecule has 3 unspecified atom stereocenters. The van der Waals surface area contributed by atoms with Gasteiger partial charge in [0.1, 0.15) is 0 Å². The van der Waals surface area contributed by atoms with Crippen LogP contribution in [0.1, 0.15) is 19.3 Å². The lowest BCUT2D eigenvalue weighted by molar-refractivity contribution is 0.500. The van der Waals surface area contributed by atoms with Crippen molar-refractivity contribution in [3.8, 4) is 0 Å². The maximum atomic E-state index is 5.76. The lowest BCUT2D eigenvalue weighted by Gasteiger charge is -2.13. The van der Waals surface area contributed by atoms with Gasteiger partial charge < -0.3 is 11.1 Å². The number of nitrogens with one attached hydrogen (secondary N) is 1. The van der Waals surface area contributed by atoms with Crippen molar-refractivity contribution in [3.05, 3.63) is 0 Å². The van der Waals surface area contributed by atoms with Crippen LogP contribution in [0.5, 0.6) is 0 Å². The Morgan fingerprint density at radius 1 is 1.38 bits per heavy atom. The van der Waals surface area contributed by atoms with Gasteiger partial charge in [-0.2, -0.15) is 0 Å². The second-order valence-electron chi connectivity index (χ2n) is 2.89. The van der Waals surface area contributed by atoms with Gasteiger partial charge in [0.25, 0.3) is 0 Å². The molecule has 0 aromatic rings. The van der Waals surface area contributed by atoms with Crippen molar-refractivity contribution in [2.45, 2.75) is 37.4 Å². The molecular weight excluding hydrogens is 100 g/mol. The van der Waals surface area contributed by atoms with Gasteiger partial charge in [0.15, 0.2) is 0 Å². The zero-order valence-corrected chi connectivity index (χ0v) is 4.93. The first kappa shape index (κ1) is 4.77. The maximum Gasteiger partial charge on any atom is 0.0376 e. The summed E-state index contributed by atoms with van der Waals surface area (Å²) in [5, 5.41) is 3.36. The molecule has 1 saturated carbocycles. The summed E-state index contributed by atoms with van der Waals surface area (Å²) in [6, 6.07) is 1.97. The van der Waals surface area contributed by atoms with Gasteiger partial charge in [0, 0.05) is 18.1 Å². The first-order chi connectivity index (χ1) is 3.88. The molecule has 3 N–H and O–H groups in total. The van der Waals surface area contributed by atoms with Gasteiger partial charge in [-0.05, 0) is 12.8 Å². The number of fused-ring (bicyclic) bond motifs is 1. The molecule has 46 valence electrons. The molecule has 0 amide bonds. The third kappa shape index (κ3) is 0.565. The van der Waals surface area contributed by atoms with Crippen LogP contribution in [0, 0.1) is 0 Å². The quantitative estimate of drug-likeness (QED) is 0.428. The SMILES string of the molecule is NC1CCCC2NC12. The van der Waals surface area contributed by atoms with Gasteiger partial charge >= 0.3 is 0 Å². The third-order valence-electron chi connectivity index (χ3n) is 2.24. The fraction of sp³-hybridized carbons (Fsp3) is 1.00. The van der Waals surface area contributed by atoms with Crippen molar-refractivity contribution in [2.75, 3.05) is 0 Å². The van der Waals surface area contributed by atoms with Gasteiger partial charge in [0.2, 0.25) is 0 Å². The molecule has 2 fully saturated rings. The van der Waals surface area contributed by atoms with E-state index < -0.39 is 0 Å². The molecule has 1 heterocycles. The summed E-state index contributed by atoms with van der Waals surface area (Å²) < 4.78 is 0. The first-order valence-electron chi connectivity index (χ1n) is 3.39. The van der Waals surface area contributed by atoms with Gasteiger partial charge in [-0.1, -0.05) is 6.42 Å². The van der Waals surface area contributed by atoms with E-state index >= 15 is 0 Å². The molecule has 3 atom stereocenters. The van der Waals surface area contributed by atoms with Crippen LogP contribution in [0.25, 0.3) is 0 Å². The van der Waals surface area contributed by atoms with Crippen molar-refractivity contribution in [3.63, 3.8) is 0 Å². The number of nitrogens with two attached hydrogens (primary N) is 1. The lowest BCUT2D eigenvalue weighted by Crippen LogP contribution is -2.31. The molecule has 2 heteroatoms. The standard InChI is InChI=1S/C6H12N2/c7-4-2-1-3-5-6(4)8-5/h4-6,8H,1-3,7H2. The molecule has 0 spiro atoms. The predicted octanol–water partition coefficient (Wildman–Crippen LogP) is -0.162. The van der Waals surface area contributed by atoms with E-state index in [1.165, 1.54) is 19.3 Å². The van der Waals surface area contributed by atoms with E-state index in [2.05, 4.69) is 5.32 Å². The summed E-state index contributed by atoms with van der Waals surface area (Å²) in [5.74, 6) is 0. The largest absolute Gasteiger partial charge is 0.326 e. The van der Waals surface area contributed by atoms with Gasteiger partial charge in [0.05, 0.1) is 0 Å². The van der Waals surface area contributed by atoms with Crippen LogP contribution in [0.15, 0.2) is 0 Å². The Morgan fingerprint density at radius 2 is 2.25 bits per heavy atom. The van der Waals surface area contributed by atoms with Crippen LogP contribution in [0.4, 0.5) is 0 Å². The monoisotopic (exact) mass is 112 g/mol. The van der Waals surface area contributed by atoms with E-state index in [1.807, 2.05) is 0 Å². The van der Waals surface area contributed by atoms with E-state index in [4.69, 9.17) is 5.73 Å². The smallest absolute Gasteiger partial charge is 0.0376 e. The van der Waals surface area contributed by atoms with Crippen molar-refractivity contribution < 1.29 is 0 Å². The highest BCUT2D eigenvalue weighted by Gasteiger charge is 2.42. The summed E-state index contributed by atoms with van der Waals surface area (Å²) >= 11 is 0. The summed E-state index contributed by atoms with van der Waals surface area (Å²) in [5.41, 5.74) is 5.76. The molecule has 1 aliphatic heterocycles. The molecule has 2 rings (SSSR count). The normalized spacial score (nSPS) is 52.9. The zero-order valence-electron chi connectivity index (χ0n) is 4.93. The minimum Gasteiger partial charge on any atom is -0.326 e. The second kappa shape index (κ2) is 1.45.